The van der Waals surface area contributed by atoms with E-state index in [0.717, 1.165) is 0 Å². The smallest absolute Gasteiger partial charge is 0.0920 e. The molecule has 0 spiro atoms. The van der Waals surface area contributed by atoms with Gasteiger partial charge in [0.15, 0.2) is 0 Å². The van der Waals surface area contributed by atoms with Gasteiger partial charge in [0.2, 0.25) is 0 Å². The van der Waals surface area contributed by atoms with Crippen LogP contribution >= 0.6 is 0 Å². The Kier molecular flexibility index (Phi) is 18.6. The third-order valence-corrected chi connectivity index (χ3v) is 4.00. The molecule has 1 radical (unpaired) electrons. The normalized spacial score (nSPS) is 11.3. The fourth-order valence-corrected chi connectivity index (χ4v) is 2.60. The molecule has 0 aromatic rings. The summed E-state index contributed by atoms with van der Waals surface area (Å²) < 4.78 is 0. The zero-order chi connectivity index (χ0) is 14.7. The average Bonchev–Trinajstić information content (AvgIpc) is 2.47. The molecule has 0 saturated heterocycles. The number of allylic oxidation sites excluding steroid dienone is 2. The molecular weight excluding hydrogens is 239 g/mol. The van der Waals surface area contributed by atoms with Crippen molar-refractivity contribution in [3.05, 3.63) is 12.2 Å². The Hall–Kier alpha value is -0.195. The highest BCUT2D eigenvalue weighted by atomic mass is 14.0. The summed E-state index contributed by atoms with van der Waals surface area (Å²) in [6.45, 7) is 4.45. The van der Waals surface area contributed by atoms with E-state index in [1.165, 1.54) is 96.2 Å². The van der Waals surface area contributed by atoms with E-state index < -0.39 is 0 Å². The Morgan fingerprint density at radius 1 is 0.600 bits per heavy atom. The summed E-state index contributed by atoms with van der Waals surface area (Å²) in [6, 6.07) is 0. The van der Waals surface area contributed by atoms with Crippen molar-refractivity contribution in [3.8, 4) is 0 Å². The number of hydrogen-bond donors (Lipinski definition) is 0. The third-order valence-electron chi connectivity index (χ3n) is 4.00. The predicted octanol–water partition coefficient (Wildman–Crippen LogP) is 7.19. The molecule has 0 saturated carbocycles. The van der Waals surface area contributed by atoms with Crippen LogP contribution in [-0.4, -0.2) is 7.28 Å². The van der Waals surface area contributed by atoms with Crippen LogP contribution in [0.2, 0.25) is 13.1 Å². The SMILES string of the molecule is C[B]CCCCCCCC/C=C\CCCCCCCC. The molecule has 0 aromatic carbocycles. The second-order valence-electron chi connectivity index (χ2n) is 6.13. The first kappa shape index (κ1) is 19.8. The van der Waals surface area contributed by atoms with Crippen LogP contribution in [-0.2, 0) is 0 Å². The van der Waals surface area contributed by atoms with Crippen LogP contribution in [0.1, 0.15) is 96.8 Å². The lowest BCUT2D eigenvalue weighted by molar-refractivity contribution is 0.606. The fraction of sp³-hybridized carbons (Fsp3) is 0.895. The summed E-state index contributed by atoms with van der Waals surface area (Å²) in [4.78, 5) is 0. The molecule has 0 aliphatic carbocycles. The van der Waals surface area contributed by atoms with Crippen molar-refractivity contribution in [1.29, 1.82) is 0 Å². The van der Waals surface area contributed by atoms with Gasteiger partial charge in [-0.3, -0.25) is 0 Å². The first-order valence-electron chi connectivity index (χ1n) is 9.34. The molecule has 0 amide bonds. The van der Waals surface area contributed by atoms with E-state index >= 15 is 0 Å². The van der Waals surface area contributed by atoms with Crippen molar-refractivity contribution in [1.82, 2.24) is 0 Å². The highest BCUT2D eigenvalue weighted by Gasteiger charge is 1.91. The van der Waals surface area contributed by atoms with Gasteiger partial charge in [0, 0.05) is 0 Å². The van der Waals surface area contributed by atoms with Gasteiger partial charge in [-0.05, 0) is 25.7 Å². The maximum absolute atomic E-state index is 2.41. The van der Waals surface area contributed by atoms with E-state index in [4.69, 9.17) is 0 Å². The molecule has 0 heterocycles. The molecule has 20 heavy (non-hydrogen) atoms. The van der Waals surface area contributed by atoms with Crippen LogP contribution in [0.5, 0.6) is 0 Å². The van der Waals surface area contributed by atoms with Crippen LogP contribution in [0, 0.1) is 0 Å². The molecule has 0 unspecified atom stereocenters. The zero-order valence-electron chi connectivity index (χ0n) is 14.3. The Bertz CT molecular complexity index is 186. The molecule has 0 rings (SSSR count). The summed E-state index contributed by atoms with van der Waals surface area (Å²) in [5, 5.41) is 0. The molecule has 0 nitrogen and oxygen atoms in total. The van der Waals surface area contributed by atoms with Gasteiger partial charge in [-0.25, -0.2) is 0 Å². The van der Waals surface area contributed by atoms with E-state index in [1.54, 1.807) is 0 Å². The van der Waals surface area contributed by atoms with Gasteiger partial charge in [0.05, 0.1) is 0 Å². The van der Waals surface area contributed by atoms with Crippen molar-refractivity contribution < 1.29 is 0 Å². The van der Waals surface area contributed by atoms with Crippen molar-refractivity contribution in [2.45, 2.75) is 110 Å². The van der Waals surface area contributed by atoms with Gasteiger partial charge < -0.3 is 0 Å². The quantitative estimate of drug-likeness (QED) is 0.159. The standard InChI is InChI=1S/C19H38B/c1-3-4-5-6-7-8-9-10-11-12-13-14-15-16-17-18-19-20-2/h10-11H,3-9,12-19H2,1-2H3/b11-10-. The van der Waals surface area contributed by atoms with E-state index in [2.05, 4.69) is 33.2 Å². The molecular formula is C19H38B. The molecule has 0 bridgehead atoms. The third kappa shape index (κ3) is 17.8. The summed E-state index contributed by atoms with van der Waals surface area (Å²) in [6.07, 6.45) is 25.8. The van der Waals surface area contributed by atoms with Crippen molar-refractivity contribution in [2.75, 3.05) is 0 Å². The second-order valence-corrected chi connectivity index (χ2v) is 6.13. The number of rotatable bonds is 16. The van der Waals surface area contributed by atoms with E-state index in [0.29, 0.717) is 0 Å². The van der Waals surface area contributed by atoms with Gasteiger partial charge in [-0.15, -0.1) is 0 Å². The lowest BCUT2D eigenvalue weighted by atomic mass is 9.76. The molecule has 0 aliphatic heterocycles. The van der Waals surface area contributed by atoms with Gasteiger partial charge >= 0.3 is 0 Å². The summed E-state index contributed by atoms with van der Waals surface area (Å²) in [5.74, 6) is 0. The largest absolute Gasteiger partial charge is 0.105 e. The molecule has 0 aromatic heterocycles. The lowest BCUT2D eigenvalue weighted by Crippen LogP contribution is -1.83. The van der Waals surface area contributed by atoms with Crippen LogP contribution < -0.4 is 0 Å². The van der Waals surface area contributed by atoms with E-state index in [1.807, 2.05) is 0 Å². The Balaban J connectivity index is 3.01. The maximum Gasteiger partial charge on any atom is 0.105 e. The monoisotopic (exact) mass is 277 g/mol. The molecule has 1 heteroatoms. The molecule has 0 aliphatic rings. The first-order chi connectivity index (χ1) is 9.91. The minimum atomic E-state index is 1.30. The van der Waals surface area contributed by atoms with Crippen molar-refractivity contribution >= 4 is 7.28 Å². The Labute approximate surface area is 130 Å². The van der Waals surface area contributed by atoms with Crippen molar-refractivity contribution in [3.63, 3.8) is 0 Å². The minimum absolute atomic E-state index is 1.30. The zero-order valence-corrected chi connectivity index (χ0v) is 14.3. The van der Waals surface area contributed by atoms with Crippen LogP contribution in [0.4, 0.5) is 0 Å². The second kappa shape index (κ2) is 18.8. The van der Waals surface area contributed by atoms with E-state index in [-0.39, 0.29) is 0 Å². The van der Waals surface area contributed by atoms with Crippen LogP contribution in [0.15, 0.2) is 12.2 Å². The van der Waals surface area contributed by atoms with Gasteiger partial charge in [0.25, 0.3) is 0 Å². The van der Waals surface area contributed by atoms with Crippen LogP contribution in [0.25, 0.3) is 0 Å². The minimum Gasteiger partial charge on any atom is -0.0920 e. The molecule has 0 N–H and O–H groups in total. The molecule has 117 valence electrons. The Morgan fingerprint density at radius 3 is 1.55 bits per heavy atom. The van der Waals surface area contributed by atoms with Gasteiger partial charge in [0.1, 0.15) is 7.28 Å². The summed E-state index contributed by atoms with van der Waals surface area (Å²) in [7, 11) is 2.29. The van der Waals surface area contributed by atoms with E-state index in [9.17, 15) is 0 Å². The highest BCUT2D eigenvalue weighted by Crippen LogP contribution is 2.10. The van der Waals surface area contributed by atoms with Gasteiger partial charge in [-0.2, -0.15) is 0 Å². The Morgan fingerprint density at radius 2 is 1.05 bits per heavy atom. The topological polar surface area (TPSA) is 0 Å². The molecule has 0 atom stereocenters. The fourth-order valence-electron chi connectivity index (χ4n) is 2.60. The molecule has 0 fully saturated rings. The summed E-state index contributed by atoms with van der Waals surface area (Å²) in [5.41, 5.74) is 0. The number of unbranched alkanes of at least 4 members (excludes halogenated alkanes) is 12. The van der Waals surface area contributed by atoms with Crippen LogP contribution in [0.3, 0.4) is 0 Å². The maximum atomic E-state index is 2.41. The van der Waals surface area contributed by atoms with Gasteiger partial charge in [-0.1, -0.05) is 96.4 Å². The highest BCUT2D eigenvalue weighted by molar-refractivity contribution is 6.33. The first-order valence-corrected chi connectivity index (χ1v) is 9.34. The van der Waals surface area contributed by atoms with Crippen molar-refractivity contribution in [2.24, 2.45) is 0 Å². The number of hydrogen-bond acceptors (Lipinski definition) is 0. The predicted molar refractivity (Wildman–Crippen MR) is 95.9 cm³/mol. The average molecular weight is 277 g/mol. The lowest BCUT2D eigenvalue weighted by Gasteiger charge is -2.00. The summed E-state index contributed by atoms with van der Waals surface area (Å²) >= 11 is 0.